The molecule has 0 aliphatic carbocycles. The number of halogens is 5. The summed E-state index contributed by atoms with van der Waals surface area (Å²) in [5.41, 5.74) is -1.19. The number of hydrogen-bond acceptors (Lipinski definition) is 2. The van der Waals surface area contributed by atoms with Crippen molar-refractivity contribution >= 4 is 18.5 Å². The standard InChI is InChI=1S/C10H7F4NO2.ClH/c11-7-2-1-5(3-6(7)10(12,13)14)8-4-17-9(16)15-8;/h1-3,8H,4H2,(H,15,16);1H/t8-;/m1./s1. The molecule has 8 heteroatoms. The molecule has 1 N–H and O–H groups in total. The molecule has 1 fully saturated rings. The lowest BCUT2D eigenvalue weighted by Crippen LogP contribution is -2.19. The molecule has 100 valence electrons. The van der Waals surface area contributed by atoms with E-state index in [1.807, 2.05) is 0 Å². The Morgan fingerprint density at radius 3 is 2.50 bits per heavy atom. The van der Waals surface area contributed by atoms with Gasteiger partial charge < -0.3 is 10.1 Å². The molecular formula is C10H8ClF4NO2. The Morgan fingerprint density at radius 2 is 2.00 bits per heavy atom. The molecule has 0 radical (unpaired) electrons. The van der Waals surface area contributed by atoms with Crippen LogP contribution in [0.2, 0.25) is 0 Å². The molecule has 1 aromatic rings. The Bertz CT molecular complexity index is 464. The third-order valence-electron chi connectivity index (χ3n) is 2.37. The zero-order valence-corrected chi connectivity index (χ0v) is 9.57. The summed E-state index contributed by atoms with van der Waals surface area (Å²) in [5.74, 6) is -1.34. The SMILES string of the molecule is Cl.O=C1N[C@@H](c2ccc(F)c(C(F)(F)F)c2)CO1. The second-order valence-electron chi connectivity index (χ2n) is 3.53. The summed E-state index contributed by atoms with van der Waals surface area (Å²) in [6.45, 7) is -0.0677. The molecule has 1 atom stereocenters. The van der Waals surface area contributed by atoms with Crippen LogP contribution in [-0.4, -0.2) is 12.7 Å². The topological polar surface area (TPSA) is 38.3 Å². The molecule has 3 nitrogen and oxygen atoms in total. The number of ether oxygens (including phenoxy) is 1. The van der Waals surface area contributed by atoms with E-state index in [1.54, 1.807) is 0 Å². The summed E-state index contributed by atoms with van der Waals surface area (Å²) in [7, 11) is 0. The number of rotatable bonds is 1. The van der Waals surface area contributed by atoms with Gasteiger partial charge >= 0.3 is 12.3 Å². The highest BCUT2D eigenvalue weighted by molar-refractivity contribution is 5.85. The van der Waals surface area contributed by atoms with E-state index in [4.69, 9.17) is 0 Å². The molecule has 18 heavy (non-hydrogen) atoms. The first-order valence-corrected chi connectivity index (χ1v) is 4.68. The first kappa shape index (κ1) is 14.6. The van der Waals surface area contributed by atoms with Gasteiger partial charge in [0.1, 0.15) is 12.4 Å². The fourth-order valence-electron chi connectivity index (χ4n) is 1.54. The molecule has 0 aromatic heterocycles. The minimum Gasteiger partial charge on any atom is -0.447 e. The maximum absolute atomic E-state index is 13.0. The summed E-state index contributed by atoms with van der Waals surface area (Å²) in [4.78, 5) is 10.7. The molecule has 1 saturated heterocycles. The van der Waals surface area contributed by atoms with Crippen LogP contribution in [0.1, 0.15) is 17.2 Å². The zero-order valence-electron chi connectivity index (χ0n) is 8.75. The van der Waals surface area contributed by atoms with E-state index in [9.17, 15) is 22.4 Å². The average molecular weight is 286 g/mol. The number of carbonyl (C=O) groups is 1. The van der Waals surface area contributed by atoms with Gasteiger partial charge in [-0.15, -0.1) is 12.4 Å². The van der Waals surface area contributed by atoms with Crippen LogP contribution in [0.3, 0.4) is 0 Å². The molecule has 0 unspecified atom stereocenters. The van der Waals surface area contributed by atoms with E-state index >= 15 is 0 Å². The smallest absolute Gasteiger partial charge is 0.419 e. The zero-order chi connectivity index (χ0) is 12.6. The van der Waals surface area contributed by atoms with E-state index in [2.05, 4.69) is 10.1 Å². The van der Waals surface area contributed by atoms with Gasteiger partial charge in [0.2, 0.25) is 0 Å². The van der Waals surface area contributed by atoms with Crippen molar-refractivity contribution < 1.29 is 27.1 Å². The number of benzene rings is 1. The number of cyclic esters (lactones) is 1. The quantitative estimate of drug-likeness (QED) is 0.806. The van der Waals surface area contributed by atoms with Crippen molar-refractivity contribution in [1.82, 2.24) is 5.32 Å². The third-order valence-corrected chi connectivity index (χ3v) is 2.37. The highest BCUT2D eigenvalue weighted by Crippen LogP contribution is 2.33. The van der Waals surface area contributed by atoms with Crippen LogP contribution in [0, 0.1) is 5.82 Å². The monoisotopic (exact) mass is 285 g/mol. The van der Waals surface area contributed by atoms with Gasteiger partial charge in [-0.1, -0.05) is 6.07 Å². The largest absolute Gasteiger partial charge is 0.447 e. The van der Waals surface area contributed by atoms with Gasteiger partial charge in [-0.3, -0.25) is 0 Å². The van der Waals surface area contributed by atoms with Crippen molar-refractivity contribution in [2.45, 2.75) is 12.2 Å². The molecule has 0 bridgehead atoms. The van der Waals surface area contributed by atoms with Crippen molar-refractivity contribution in [3.63, 3.8) is 0 Å². The van der Waals surface area contributed by atoms with E-state index in [-0.39, 0.29) is 24.6 Å². The van der Waals surface area contributed by atoms with Gasteiger partial charge in [-0.2, -0.15) is 13.2 Å². The predicted octanol–water partition coefficient (Wildman–Crippen LogP) is 3.05. The minimum atomic E-state index is -4.76. The highest BCUT2D eigenvalue weighted by Gasteiger charge is 2.35. The Morgan fingerprint density at radius 1 is 1.33 bits per heavy atom. The maximum atomic E-state index is 13.0. The van der Waals surface area contributed by atoms with Crippen LogP contribution in [-0.2, 0) is 10.9 Å². The predicted molar refractivity (Wildman–Crippen MR) is 55.9 cm³/mol. The minimum absolute atomic E-state index is 0. The number of alkyl carbamates (subject to hydrolysis) is 1. The van der Waals surface area contributed by atoms with Crippen molar-refractivity contribution in [2.75, 3.05) is 6.61 Å². The number of alkyl halides is 3. The molecular weight excluding hydrogens is 278 g/mol. The van der Waals surface area contributed by atoms with Crippen molar-refractivity contribution in [1.29, 1.82) is 0 Å². The van der Waals surface area contributed by atoms with Gasteiger partial charge in [0.05, 0.1) is 11.6 Å². The molecule has 0 spiro atoms. The summed E-state index contributed by atoms with van der Waals surface area (Å²) in [5, 5.41) is 2.32. The van der Waals surface area contributed by atoms with E-state index in [0.717, 1.165) is 6.07 Å². The first-order chi connectivity index (χ1) is 7.88. The van der Waals surface area contributed by atoms with Gasteiger partial charge in [0.25, 0.3) is 0 Å². The van der Waals surface area contributed by atoms with Crippen LogP contribution in [0.5, 0.6) is 0 Å². The number of amides is 1. The van der Waals surface area contributed by atoms with Gasteiger partial charge in [-0.05, 0) is 17.7 Å². The second-order valence-corrected chi connectivity index (χ2v) is 3.53. The highest BCUT2D eigenvalue weighted by atomic mass is 35.5. The van der Waals surface area contributed by atoms with Crippen LogP contribution in [0.25, 0.3) is 0 Å². The number of hydrogen-bond donors (Lipinski definition) is 1. The lowest BCUT2D eigenvalue weighted by Gasteiger charge is -2.12. The summed E-state index contributed by atoms with van der Waals surface area (Å²) in [6, 6.07) is 1.91. The average Bonchev–Trinajstić information content (AvgIpc) is 2.64. The number of carbonyl (C=O) groups excluding carboxylic acids is 1. The molecule has 1 heterocycles. The Balaban J connectivity index is 0.00000162. The molecule has 1 aliphatic heterocycles. The summed E-state index contributed by atoms with van der Waals surface area (Å²) < 4.78 is 54.8. The summed E-state index contributed by atoms with van der Waals surface area (Å²) in [6.07, 6.45) is -5.46. The second kappa shape index (κ2) is 5.01. The van der Waals surface area contributed by atoms with E-state index < -0.39 is 29.7 Å². The van der Waals surface area contributed by atoms with Crippen molar-refractivity contribution in [3.05, 3.63) is 35.1 Å². The Hall–Kier alpha value is -1.50. The van der Waals surface area contributed by atoms with Crippen molar-refractivity contribution in [3.8, 4) is 0 Å². The van der Waals surface area contributed by atoms with Crippen LogP contribution in [0.15, 0.2) is 18.2 Å². The van der Waals surface area contributed by atoms with Gasteiger partial charge in [0, 0.05) is 0 Å². The van der Waals surface area contributed by atoms with Crippen LogP contribution in [0.4, 0.5) is 22.4 Å². The fraction of sp³-hybridized carbons (Fsp3) is 0.300. The van der Waals surface area contributed by atoms with E-state index in [0.29, 0.717) is 6.07 Å². The molecule has 1 amide bonds. The lowest BCUT2D eigenvalue weighted by atomic mass is 10.0. The maximum Gasteiger partial charge on any atom is 0.419 e. The Labute approximate surface area is 106 Å². The summed E-state index contributed by atoms with van der Waals surface area (Å²) >= 11 is 0. The molecule has 2 rings (SSSR count). The first-order valence-electron chi connectivity index (χ1n) is 4.68. The molecule has 1 aliphatic rings. The van der Waals surface area contributed by atoms with Crippen molar-refractivity contribution in [2.24, 2.45) is 0 Å². The number of nitrogens with one attached hydrogen (secondary N) is 1. The van der Waals surface area contributed by atoms with Gasteiger partial charge in [-0.25, -0.2) is 9.18 Å². The van der Waals surface area contributed by atoms with Gasteiger partial charge in [0.15, 0.2) is 0 Å². The fourth-order valence-corrected chi connectivity index (χ4v) is 1.54. The Kier molecular flexibility index (Phi) is 4.05. The normalized spacial score (nSPS) is 18.9. The molecule has 1 aromatic carbocycles. The molecule has 0 saturated carbocycles. The third kappa shape index (κ3) is 2.84. The van der Waals surface area contributed by atoms with Crippen LogP contribution < -0.4 is 5.32 Å². The van der Waals surface area contributed by atoms with E-state index in [1.165, 1.54) is 6.07 Å². The lowest BCUT2D eigenvalue weighted by molar-refractivity contribution is -0.140. The van der Waals surface area contributed by atoms with Crippen LogP contribution >= 0.6 is 12.4 Å².